The minimum absolute atomic E-state index is 0.0278. The quantitative estimate of drug-likeness (QED) is 0.504. The average molecular weight is 321 g/mol. The smallest absolute Gasteiger partial charge is 0.211 e. The van der Waals surface area contributed by atoms with Gasteiger partial charge in [0, 0.05) is 5.56 Å². The second-order valence-corrected chi connectivity index (χ2v) is 4.74. The number of hydrogen-bond acceptors (Lipinski definition) is 3. The number of hydrogen-bond donors (Lipinski definition) is 2. The Hall–Kier alpha value is -2.60. The van der Waals surface area contributed by atoms with Crippen LogP contribution in [0.4, 0.5) is 4.39 Å². The fourth-order valence-electron chi connectivity index (χ4n) is 1.67. The number of benzene rings is 2. The van der Waals surface area contributed by atoms with Gasteiger partial charge in [0.15, 0.2) is 0 Å². The Balaban J connectivity index is 2.08. The van der Waals surface area contributed by atoms with Gasteiger partial charge >= 0.3 is 0 Å². The summed E-state index contributed by atoms with van der Waals surface area (Å²) in [7, 11) is 0. The number of halogens is 2. The zero-order valence-electron chi connectivity index (χ0n) is 11.5. The van der Waals surface area contributed by atoms with Gasteiger partial charge in [0.1, 0.15) is 18.2 Å². The Morgan fingerprint density at radius 2 is 2.00 bits per heavy atom. The van der Waals surface area contributed by atoms with Crippen LogP contribution in [0.25, 0.3) is 0 Å². The lowest BCUT2D eigenvalue weighted by Gasteiger charge is -2.09. The third-order valence-electron chi connectivity index (χ3n) is 2.68. The van der Waals surface area contributed by atoms with E-state index in [4.69, 9.17) is 27.8 Å². The van der Waals surface area contributed by atoms with Crippen molar-refractivity contribution in [1.82, 2.24) is 0 Å². The van der Waals surface area contributed by atoms with Crippen molar-refractivity contribution in [3.63, 3.8) is 0 Å². The van der Waals surface area contributed by atoms with Crippen LogP contribution in [0.1, 0.15) is 11.1 Å². The first-order chi connectivity index (χ1) is 10.6. The van der Waals surface area contributed by atoms with Gasteiger partial charge in [-0.3, -0.25) is 0 Å². The molecule has 114 valence electrons. The maximum atomic E-state index is 13.7. The van der Waals surface area contributed by atoms with Crippen LogP contribution in [-0.4, -0.2) is 12.2 Å². The van der Waals surface area contributed by atoms with Crippen LogP contribution in [0.2, 0.25) is 5.02 Å². The Morgan fingerprint density at radius 3 is 2.73 bits per heavy atom. The third-order valence-corrected chi connectivity index (χ3v) is 3.04. The fourth-order valence-corrected chi connectivity index (χ4v) is 1.89. The van der Waals surface area contributed by atoms with Gasteiger partial charge in [-0.1, -0.05) is 29.8 Å². The standard InChI is InChI=1S/C15H14ClFN4O/c16-13-5-2-6-14(17)12(13)9-22-11-4-1-3-10(7-11)8-20-21-15(18)19/h1-8H,9H2,(H4,18,19,21)/b20-8+. The molecule has 0 aliphatic rings. The predicted octanol–water partition coefficient (Wildman–Crippen LogP) is 2.67. The van der Waals surface area contributed by atoms with Crippen LogP contribution in [0.15, 0.2) is 52.7 Å². The van der Waals surface area contributed by atoms with Crippen molar-refractivity contribution >= 4 is 23.8 Å². The SMILES string of the molecule is NC(N)=N/N=C/c1cccc(OCc2c(F)cccc2Cl)c1. The van der Waals surface area contributed by atoms with Crippen molar-refractivity contribution in [1.29, 1.82) is 0 Å². The lowest BCUT2D eigenvalue weighted by Crippen LogP contribution is -2.21. The molecule has 0 saturated heterocycles. The highest BCUT2D eigenvalue weighted by Gasteiger charge is 2.07. The maximum absolute atomic E-state index is 13.7. The van der Waals surface area contributed by atoms with E-state index in [1.54, 1.807) is 36.4 Å². The number of guanidine groups is 1. The largest absolute Gasteiger partial charge is 0.489 e. The summed E-state index contributed by atoms with van der Waals surface area (Å²) in [5.74, 6) is 0.0174. The molecule has 0 saturated carbocycles. The zero-order chi connectivity index (χ0) is 15.9. The van der Waals surface area contributed by atoms with Gasteiger partial charge in [0.25, 0.3) is 0 Å². The van der Waals surface area contributed by atoms with Crippen molar-refractivity contribution in [2.75, 3.05) is 0 Å². The van der Waals surface area contributed by atoms with E-state index in [2.05, 4.69) is 10.2 Å². The molecule has 0 radical (unpaired) electrons. The van der Waals surface area contributed by atoms with E-state index < -0.39 is 5.82 Å². The topological polar surface area (TPSA) is 86.0 Å². The molecule has 0 bridgehead atoms. The first-order valence-electron chi connectivity index (χ1n) is 6.34. The molecule has 0 heterocycles. The summed E-state index contributed by atoms with van der Waals surface area (Å²) in [6.07, 6.45) is 1.47. The highest BCUT2D eigenvalue weighted by atomic mass is 35.5. The highest BCUT2D eigenvalue weighted by molar-refractivity contribution is 6.31. The number of nitrogens with zero attached hydrogens (tertiary/aromatic N) is 2. The van der Waals surface area contributed by atoms with E-state index in [0.29, 0.717) is 16.3 Å². The number of rotatable bonds is 5. The van der Waals surface area contributed by atoms with Crippen molar-refractivity contribution in [2.45, 2.75) is 6.61 Å². The van der Waals surface area contributed by atoms with E-state index in [0.717, 1.165) is 5.56 Å². The minimum Gasteiger partial charge on any atom is -0.489 e. The molecule has 0 atom stereocenters. The van der Waals surface area contributed by atoms with Gasteiger partial charge in [-0.05, 0) is 29.8 Å². The number of ether oxygens (including phenoxy) is 1. The minimum atomic E-state index is -0.405. The molecule has 2 aromatic carbocycles. The predicted molar refractivity (Wildman–Crippen MR) is 85.6 cm³/mol. The monoisotopic (exact) mass is 320 g/mol. The Morgan fingerprint density at radius 1 is 1.23 bits per heavy atom. The van der Waals surface area contributed by atoms with E-state index in [1.807, 2.05) is 0 Å². The summed E-state index contributed by atoms with van der Waals surface area (Å²) in [5.41, 5.74) is 11.4. The summed E-state index contributed by atoms with van der Waals surface area (Å²) in [4.78, 5) is 0. The van der Waals surface area contributed by atoms with E-state index in [9.17, 15) is 4.39 Å². The second kappa shape index (κ2) is 7.42. The molecule has 0 unspecified atom stereocenters. The van der Waals surface area contributed by atoms with Gasteiger partial charge in [-0.25, -0.2) is 4.39 Å². The molecule has 0 aromatic heterocycles. The summed E-state index contributed by atoms with van der Waals surface area (Å²) in [6.45, 7) is 0.0278. The molecule has 7 heteroatoms. The lowest BCUT2D eigenvalue weighted by atomic mass is 10.2. The zero-order valence-corrected chi connectivity index (χ0v) is 12.3. The third kappa shape index (κ3) is 4.46. The number of nitrogens with two attached hydrogens (primary N) is 2. The molecule has 22 heavy (non-hydrogen) atoms. The van der Waals surface area contributed by atoms with Crippen LogP contribution in [0.5, 0.6) is 5.75 Å². The van der Waals surface area contributed by atoms with Crippen molar-refractivity contribution in [3.05, 3.63) is 64.4 Å². The van der Waals surface area contributed by atoms with E-state index in [-0.39, 0.29) is 12.6 Å². The molecule has 0 amide bonds. The van der Waals surface area contributed by atoms with Gasteiger partial charge in [-0.2, -0.15) is 5.10 Å². The summed E-state index contributed by atoms with van der Waals surface area (Å²) >= 11 is 5.95. The molecule has 0 aliphatic carbocycles. The molecular formula is C15H14ClFN4O. The van der Waals surface area contributed by atoms with Crippen LogP contribution < -0.4 is 16.2 Å². The highest BCUT2D eigenvalue weighted by Crippen LogP contribution is 2.21. The Labute approximate surface area is 132 Å². The molecule has 0 spiro atoms. The van der Waals surface area contributed by atoms with Crippen molar-refractivity contribution in [2.24, 2.45) is 21.7 Å². The van der Waals surface area contributed by atoms with Crippen LogP contribution >= 0.6 is 11.6 Å². The molecule has 5 nitrogen and oxygen atoms in total. The molecule has 2 rings (SSSR count). The Bertz CT molecular complexity index is 694. The average Bonchev–Trinajstić information content (AvgIpc) is 2.47. The first-order valence-corrected chi connectivity index (χ1v) is 6.72. The summed E-state index contributed by atoms with van der Waals surface area (Å²) in [6, 6.07) is 11.5. The van der Waals surface area contributed by atoms with Gasteiger partial charge in [0.2, 0.25) is 5.96 Å². The summed E-state index contributed by atoms with van der Waals surface area (Å²) < 4.78 is 19.2. The van der Waals surface area contributed by atoms with Crippen molar-refractivity contribution in [3.8, 4) is 5.75 Å². The fraction of sp³-hybridized carbons (Fsp3) is 0.0667. The van der Waals surface area contributed by atoms with Crippen molar-refractivity contribution < 1.29 is 9.13 Å². The summed E-state index contributed by atoms with van der Waals surface area (Å²) in [5, 5.41) is 7.53. The molecular weight excluding hydrogens is 307 g/mol. The van der Waals surface area contributed by atoms with Gasteiger partial charge in [-0.15, -0.1) is 5.10 Å². The molecule has 0 fully saturated rings. The van der Waals surface area contributed by atoms with Crippen LogP contribution in [0.3, 0.4) is 0 Å². The van der Waals surface area contributed by atoms with Gasteiger partial charge in [0.05, 0.1) is 11.2 Å². The second-order valence-electron chi connectivity index (χ2n) is 4.33. The maximum Gasteiger partial charge on any atom is 0.211 e. The lowest BCUT2D eigenvalue weighted by molar-refractivity contribution is 0.300. The van der Waals surface area contributed by atoms with E-state index in [1.165, 1.54) is 12.3 Å². The molecule has 0 aliphatic heterocycles. The normalized spacial score (nSPS) is 10.6. The van der Waals surface area contributed by atoms with Crippen LogP contribution in [0, 0.1) is 5.82 Å². The molecule has 4 N–H and O–H groups in total. The first kappa shape index (κ1) is 15.8. The van der Waals surface area contributed by atoms with Gasteiger partial charge < -0.3 is 16.2 Å². The van der Waals surface area contributed by atoms with Crippen LogP contribution in [-0.2, 0) is 6.61 Å². The van der Waals surface area contributed by atoms with E-state index >= 15 is 0 Å². The Kier molecular flexibility index (Phi) is 5.32. The molecule has 2 aromatic rings.